The molecule has 1 atom stereocenters. The summed E-state index contributed by atoms with van der Waals surface area (Å²) in [5.41, 5.74) is 9.04. The van der Waals surface area contributed by atoms with E-state index < -0.39 is 0 Å². The van der Waals surface area contributed by atoms with E-state index in [2.05, 4.69) is 55.2 Å². The molecule has 8 heteroatoms. The molecular weight excluding hydrogens is 366 g/mol. The zero-order chi connectivity index (χ0) is 20.2. The minimum absolute atomic E-state index is 0.276. The molecule has 1 fully saturated rings. The average molecular weight is 389 g/mol. The van der Waals surface area contributed by atoms with Crippen molar-refractivity contribution in [2.75, 3.05) is 37.8 Å². The molecule has 0 amide bonds. The van der Waals surface area contributed by atoms with Gasteiger partial charge < -0.3 is 15.8 Å². The summed E-state index contributed by atoms with van der Waals surface area (Å²) in [7, 11) is 1.79. The lowest BCUT2D eigenvalue weighted by Crippen LogP contribution is -2.40. The Bertz CT molecular complexity index is 1070. The van der Waals surface area contributed by atoms with E-state index in [9.17, 15) is 0 Å². The monoisotopic (exact) mass is 389 g/mol. The third kappa shape index (κ3) is 4.42. The van der Waals surface area contributed by atoms with Crippen molar-refractivity contribution in [3.05, 3.63) is 47.4 Å². The van der Waals surface area contributed by atoms with E-state index in [0.29, 0.717) is 22.8 Å². The number of fused-ring (bicyclic) bond motifs is 1. The quantitative estimate of drug-likeness (QED) is 0.652. The molecular formula is C21H23N7O. The summed E-state index contributed by atoms with van der Waals surface area (Å²) in [5.74, 6) is 7.22. The Morgan fingerprint density at radius 1 is 1.24 bits per heavy atom. The predicted molar refractivity (Wildman–Crippen MR) is 112 cm³/mol. The Balaban J connectivity index is 1.54. The van der Waals surface area contributed by atoms with Crippen LogP contribution in [0.15, 0.2) is 30.6 Å². The molecule has 3 aromatic heterocycles. The van der Waals surface area contributed by atoms with Gasteiger partial charge in [0.05, 0.1) is 18.3 Å². The fourth-order valence-corrected chi connectivity index (χ4v) is 3.35. The lowest BCUT2D eigenvalue weighted by Gasteiger charge is -2.30. The van der Waals surface area contributed by atoms with Crippen molar-refractivity contribution in [3.63, 3.8) is 0 Å². The minimum Gasteiger partial charge on any atom is -0.382 e. The van der Waals surface area contributed by atoms with Crippen molar-refractivity contribution in [2.45, 2.75) is 19.6 Å². The van der Waals surface area contributed by atoms with Gasteiger partial charge in [-0.2, -0.15) is 0 Å². The molecule has 148 valence electrons. The molecule has 29 heavy (non-hydrogen) atoms. The number of nitrogens with one attached hydrogen (secondary N) is 1. The zero-order valence-electron chi connectivity index (χ0n) is 16.5. The second-order valence-electron chi connectivity index (χ2n) is 7.02. The maximum absolute atomic E-state index is 5.81. The number of hydrogen-bond donors (Lipinski definition) is 2. The second kappa shape index (κ2) is 8.39. The van der Waals surface area contributed by atoms with E-state index >= 15 is 0 Å². The van der Waals surface area contributed by atoms with E-state index in [-0.39, 0.29) is 6.10 Å². The van der Waals surface area contributed by atoms with Crippen LogP contribution in [0.1, 0.15) is 23.7 Å². The zero-order valence-corrected chi connectivity index (χ0v) is 16.5. The first-order valence-electron chi connectivity index (χ1n) is 9.53. The third-order valence-corrected chi connectivity index (χ3v) is 4.77. The van der Waals surface area contributed by atoms with Crippen molar-refractivity contribution >= 4 is 22.5 Å². The maximum Gasteiger partial charge on any atom is 0.154 e. The average Bonchev–Trinajstić information content (AvgIpc) is 2.73. The van der Waals surface area contributed by atoms with Crippen molar-refractivity contribution < 1.29 is 4.74 Å². The normalized spacial score (nSPS) is 17.0. The first-order valence-corrected chi connectivity index (χ1v) is 9.53. The minimum atomic E-state index is 0.276. The molecule has 0 aliphatic carbocycles. The molecule has 0 aromatic carbocycles. The summed E-state index contributed by atoms with van der Waals surface area (Å²) in [6.07, 6.45) is 3.86. The number of anilines is 2. The third-order valence-electron chi connectivity index (χ3n) is 4.77. The molecule has 8 nitrogen and oxygen atoms in total. The van der Waals surface area contributed by atoms with Gasteiger partial charge in [0, 0.05) is 44.5 Å². The molecule has 1 aliphatic heterocycles. The Kier molecular flexibility index (Phi) is 5.51. The summed E-state index contributed by atoms with van der Waals surface area (Å²) in [4.78, 5) is 11.2. The van der Waals surface area contributed by atoms with Crippen LogP contribution in [0.5, 0.6) is 0 Å². The highest BCUT2D eigenvalue weighted by molar-refractivity contribution is 5.93. The van der Waals surface area contributed by atoms with Crippen LogP contribution in [0, 0.1) is 11.8 Å². The van der Waals surface area contributed by atoms with Gasteiger partial charge in [-0.15, -0.1) is 10.2 Å². The molecule has 0 spiro atoms. The number of nitrogens with two attached hydrogens (primary N) is 1. The predicted octanol–water partition coefficient (Wildman–Crippen LogP) is 1.66. The molecule has 1 aliphatic rings. The molecule has 0 saturated carbocycles. The Morgan fingerprint density at radius 3 is 2.90 bits per heavy atom. The van der Waals surface area contributed by atoms with Gasteiger partial charge in [0.2, 0.25) is 0 Å². The van der Waals surface area contributed by atoms with Crippen LogP contribution in [-0.4, -0.2) is 57.9 Å². The lowest BCUT2D eigenvalue weighted by atomic mass is 10.1. The molecule has 3 N–H and O–H groups in total. The molecule has 3 aromatic rings. The standard InChI is InChI=1S/C21H23N7O/c1-14-12-28(7-8-29-14)13-15-3-5-17(24-10-15)6-4-16-11-25-21(23-2)20-18(16)9-19(22)26-27-20/h3,5,9-11,14H,7-8,12-13H2,1-2H3,(H2,22,26)(H,23,25)/t14-/m0/s1. The van der Waals surface area contributed by atoms with Crippen LogP contribution in [0.3, 0.4) is 0 Å². The number of morpholine rings is 1. The van der Waals surface area contributed by atoms with E-state index in [4.69, 9.17) is 10.5 Å². The summed E-state index contributed by atoms with van der Waals surface area (Å²) in [6.45, 7) is 5.63. The first-order chi connectivity index (χ1) is 14.1. The number of nitrogens with zero attached hydrogens (tertiary/aromatic N) is 5. The fraction of sp³-hybridized carbons (Fsp3) is 0.333. The Morgan fingerprint density at radius 2 is 2.14 bits per heavy atom. The van der Waals surface area contributed by atoms with Crippen LogP contribution in [-0.2, 0) is 11.3 Å². The largest absolute Gasteiger partial charge is 0.382 e. The van der Waals surface area contributed by atoms with Crippen LogP contribution in [0.25, 0.3) is 10.9 Å². The second-order valence-corrected chi connectivity index (χ2v) is 7.02. The summed E-state index contributed by atoms with van der Waals surface area (Å²) >= 11 is 0. The maximum atomic E-state index is 5.81. The molecule has 4 rings (SSSR count). The SMILES string of the molecule is CNc1ncc(C#Cc2ccc(CN3CCO[C@@H](C)C3)cn2)c2cc(N)nnc12. The van der Waals surface area contributed by atoms with Gasteiger partial charge in [-0.3, -0.25) is 4.90 Å². The van der Waals surface area contributed by atoms with E-state index in [1.807, 2.05) is 12.3 Å². The lowest BCUT2D eigenvalue weighted by molar-refractivity contribution is -0.0212. The van der Waals surface area contributed by atoms with Gasteiger partial charge in [-0.25, -0.2) is 9.97 Å². The summed E-state index contributed by atoms with van der Waals surface area (Å²) in [6, 6.07) is 5.77. The number of nitrogen functional groups attached to an aromatic ring is 1. The van der Waals surface area contributed by atoms with Crippen molar-refractivity contribution in [1.29, 1.82) is 0 Å². The van der Waals surface area contributed by atoms with Crippen molar-refractivity contribution in [2.24, 2.45) is 0 Å². The number of hydrogen-bond acceptors (Lipinski definition) is 8. The van der Waals surface area contributed by atoms with Crippen molar-refractivity contribution in [1.82, 2.24) is 25.1 Å². The van der Waals surface area contributed by atoms with Gasteiger partial charge in [0.25, 0.3) is 0 Å². The van der Waals surface area contributed by atoms with Crippen LogP contribution in [0.4, 0.5) is 11.6 Å². The summed E-state index contributed by atoms with van der Waals surface area (Å²) < 4.78 is 5.59. The Labute approximate surface area is 169 Å². The van der Waals surface area contributed by atoms with Gasteiger partial charge >= 0.3 is 0 Å². The first kappa shape index (κ1) is 19.1. The van der Waals surface area contributed by atoms with Crippen LogP contribution in [0.2, 0.25) is 0 Å². The smallest absolute Gasteiger partial charge is 0.154 e. The summed E-state index contributed by atoms with van der Waals surface area (Å²) in [5, 5.41) is 11.9. The van der Waals surface area contributed by atoms with E-state index in [0.717, 1.165) is 42.8 Å². The van der Waals surface area contributed by atoms with Crippen LogP contribution < -0.4 is 11.1 Å². The van der Waals surface area contributed by atoms with Gasteiger partial charge in [0.1, 0.15) is 17.0 Å². The number of rotatable bonds is 3. The van der Waals surface area contributed by atoms with Crippen molar-refractivity contribution in [3.8, 4) is 11.8 Å². The molecule has 0 bridgehead atoms. The molecule has 0 radical (unpaired) electrons. The Hall–Kier alpha value is -3.28. The highest BCUT2D eigenvalue weighted by Crippen LogP contribution is 2.22. The number of pyridine rings is 2. The van der Waals surface area contributed by atoms with Gasteiger partial charge in [-0.1, -0.05) is 12.0 Å². The molecule has 1 saturated heterocycles. The molecule has 4 heterocycles. The highest BCUT2D eigenvalue weighted by Gasteiger charge is 2.16. The highest BCUT2D eigenvalue weighted by atomic mass is 16.5. The molecule has 0 unspecified atom stereocenters. The van der Waals surface area contributed by atoms with Gasteiger partial charge in [0.15, 0.2) is 5.82 Å². The van der Waals surface area contributed by atoms with E-state index in [1.54, 1.807) is 19.3 Å². The number of ether oxygens (including phenoxy) is 1. The topological polar surface area (TPSA) is 102 Å². The fourth-order valence-electron chi connectivity index (χ4n) is 3.35. The van der Waals surface area contributed by atoms with Gasteiger partial charge in [-0.05, 0) is 30.5 Å². The van der Waals surface area contributed by atoms with Crippen LogP contribution >= 0.6 is 0 Å². The number of aromatic nitrogens is 4. The van der Waals surface area contributed by atoms with E-state index in [1.165, 1.54) is 0 Å².